The van der Waals surface area contributed by atoms with E-state index in [2.05, 4.69) is 10.2 Å². The molecule has 0 aromatic rings. The first-order valence-corrected chi connectivity index (χ1v) is 4.48. The normalized spacial score (nSPS) is 36.8. The second-order valence-electron chi connectivity index (χ2n) is 3.63. The van der Waals surface area contributed by atoms with Crippen LogP contribution in [0.5, 0.6) is 0 Å². The molecule has 3 aliphatic heterocycles. The van der Waals surface area contributed by atoms with Gasteiger partial charge in [0.2, 0.25) is 0 Å². The average Bonchev–Trinajstić information content (AvgIpc) is 2.00. The van der Waals surface area contributed by atoms with Crippen LogP contribution >= 0.6 is 0 Å². The van der Waals surface area contributed by atoms with Crippen molar-refractivity contribution in [1.82, 2.24) is 10.2 Å². The summed E-state index contributed by atoms with van der Waals surface area (Å²) < 4.78 is 0. The molecule has 2 N–H and O–H groups in total. The van der Waals surface area contributed by atoms with Gasteiger partial charge >= 0.3 is 0 Å². The van der Waals surface area contributed by atoms with Crippen LogP contribution in [0.25, 0.3) is 0 Å². The van der Waals surface area contributed by atoms with Crippen LogP contribution in [0.3, 0.4) is 0 Å². The van der Waals surface area contributed by atoms with Crippen molar-refractivity contribution in [3.63, 3.8) is 0 Å². The first-order chi connectivity index (χ1) is 5.38. The van der Waals surface area contributed by atoms with Crippen LogP contribution in [-0.2, 0) is 0 Å². The lowest BCUT2D eigenvalue weighted by atomic mass is 9.91. The van der Waals surface area contributed by atoms with Crippen molar-refractivity contribution in [2.75, 3.05) is 26.2 Å². The Balaban J connectivity index is 1.70. The first kappa shape index (κ1) is 7.53. The smallest absolute Gasteiger partial charge is 0.0443 e. The highest BCUT2D eigenvalue weighted by molar-refractivity contribution is 4.97. The van der Waals surface area contributed by atoms with Crippen molar-refractivity contribution in [2.24, 2.45) is 0 Å². The molecule has 0 aromatic heterocycles. The molecule has 11 heavy (non-hydrogen) atoms. The maximum absolute atomic E-state index is 8.63. The Hall–Kier alpha value is -0.120. The molecule has 2 unspecified atom stereocenters. The Labute approximate surface area is 67.4 Å². The van der Waals surface area contributed by atoms with E-state index in [-0.39, 0.29) is 0 Å². The van der Waals surface area contributed by atoms with Crippen molar-refractivity contribution in [1.29, 1.82) is 0 Å². The zero-order valence-corrected chi connectivity index (χ0v) is 6.79. The van der Waals surface area contributed by atoms with Gasteiger partial charge in [-0.05, 0) is 12.8 Å². The number of piperazine rings is 1. The van der Waals surface area contributed by atoms with E-state index in [1.807, 2.05) is 0 Å². The molecule has 3 heteroatoms. The lowest BCUT2D eigenvalue weighted by Crippen LogP contribution is -2.66. The third kappa shape index (κ3) is 1.55. The molecule has 0 aromatic carbocycles. The van der Waals surface area contributed by atoms with Gasteiger partial charge in [0.25, 0.3) is 0 Å². The summed E-state index contributed by atoms with van der Waals surface area (Å²) in [5, 5.41) is 12.1. The third-order valence-electron chi connectivity index (χ3n) is 2.63. The molecule has 3 heterocycles. The molecular weight excluding hydrogens is 140 g/mol. The van der Waals surface area contributed by atoms with E-state index in [1.54, 1.807) is 0 Å². The maximum atomic E-state index is 8.63. The SMILES string of the molecule is OCCCN1CC2CC(C1)N2. The molecule has 2 bridgehead atoms. The number of aliphatic hydroxyl groups excluding tert-OH is 1. The van der Waals surface area contributed by atoms with Gasteiger partial charge in [-0.2, -0.15) is 0 Å². The predicted octanol–water partition coefficient (Wildman–Crippen LogP) is -0.585. The lowest BCUT2D eigenvalue weighted by molar-refractivity contribution is 0.0729. The van der Waals surface area contributed by atoms with Crippen LogP contribution in [0, 0.1) is 0 Å². The van der Waals surface area contributed by atoms with Gasteiger partial charge in [-0.15, -0.1) is 0 Å². The molecule has 0 aliphatic carbocycles. The van der Waals surface area contributed by atoms with Crippen LogP contribution in [0.1, 0.15) is 12.8 Å². The quantitative estimate of drug-likeness (QED) is 0.573. The monoisotopic (exact) mass is 156 g/mol. The molecule has 3 saturated heterocycles. The Morgan fingerprint density at radius 3 is 2.55 bits per heavy atom. The van der Waals surface area contributed by atoms with Gasteiger partial charge in [-0.25, -0.2) is 0 Å². The minimum absolute atomic E-state index is 0.333. The summed E-state index contributed by atoms with van der Waals surface area (Å²) in [4.78, 5) is 2.45. The van der Waals surface area contributed by atoms with Crippen LogP contribution in [0.4, 0.5) is 0 Å². The van der Waals surface area contributed by atoms with Crippen molar-refractivity contribution in [3.8, 4) is 0 Å². The van der Waals surface area contributed by atoms with E-state index in [0.29, 0.717) is 6.61 Å². The number of aliphatic hydroxyl groups is 1. The fourth-order valence-electron chi connectivity index (χ4n) is 2.08. The summed E-state index contributed by atoms with van der Waals surface area (Å²) in [6, 6.07) is 1.51. The largest absolute Gasteiger partial charge is 0.396 e. The van der Waals surface area contributed by atoms with Crippen LogP contribution in [0.2, 0.25) is 0 Å². The number of piperidine rings is 1. The summed E-state index contributed by atoms with van der Waals surface area (Å²) >= 11 is 0. The van der Waals surface area contributed by atoms with Gasteiger partial charge in [0.15, 0.2) is 0 Å². The van der Waals surface area contributed by atoms with Gasteiger partial charge in [-0.3, -0.25) is 0 Å². The van der Waals surface area contributed by atoms with Crippen molar-refractivity contribution < 1.29 is 5.11 Å². The summed E-state index contributed by atoms with van der Waals surface area (Å²) in [6.45, 7) is 3.79. The molecule has 0 radical (unpaired) electrons. The van der Waals surface area contributed by atoms with Crippen molar-refractivity contribution in [2.45, 2.75) is 24.9 Å². The molecule has 0 amide bonds. The van der Waals surface area contributed by atoms with E-state index in [9.17, 15) is 0 Å². The highest BCUT2D eigenvalue weighted by Gasteiger charge is 2.35. The standard InChI is InChI=1S/C8H16N2O/c11-3-1-2-10-5-7-4-8(6-10)9-7/h7-9,11H,1-6H2. The van der Waals surface area contributed by atoms with E-state index >= 15 is 0 Å². The molecule has 3 aliphatic rings. The van der Waals surface area contributed by atoms with Crippen LogP contribution in [0.15, 0.2) is 0 Å². The second kappa shape index (κ2) is 3.09. The molecular formula is C8H16N2O. The first-order valence-electron chi connectivity index (χ1n) is 4.48. The summed E-state index contributed by atoms with van der Waals surface area (Å²) in [5.74, 6) is 0. The number of hydrogen-bond acceptors (Lipinski definition) is 3. The topological polar surface area (TPSA) is 35.5 Å². The van der Waals surface area contributed by atoms with Crippen LogP contribution in [-0.4, -0.2) is 48.3 Å². The Morgan fingerprint density at radius 1 is 1.36 bits per heavy atom. The van der Waals surface area contributed by atoms with E-state index < -0.39 is 0 Å². The number of hydrogen-bond donors (Lipinski definition) is 2. The van der Waals surface area contributed by atoms with E-state index in [4.69, 9.17) is 5.11 Å². The molecule has 3 nitrogen and oxygen atoms in total. The summed E-state index contributed by atoms with van der Waals surface area (Å²) in [7, 11) is 0. The number of rotatable bonds is 3. The maximum Gasteiger partial charge on any atom is 0.0443 e. The fourth-order valence-corrected chi connectivity index (χ4v) is 2.08. The van der Waals surface area contributed by atoms with Crippen LogP contribution < -0.4 is 5.32 Å². The molecule has 2 atom stereocenters. The molecule has 0 spiro atoms. The Morgan fingerprint density at radius 2 is 2.00 bits per heavy atom. The Kier molecular flexibility index (Phi) is 2.11. The zero-order chi connectivity index (χ0) is 7.68. The average molecular weight is 156 g/mol. The van der Waals surface area contributed by atoms with Crippen molar-refractivity contribution >= 4 is 0 Å². The highest BCUT2D eigenvalue weighted by Crippen LogP contribution is 2.20. The number of nitrogens with zero attached hydrogens (tertiary/aromatic N) is 1. The van der Waals surface area contributed by atoms with E-state index in [0.717, 1.165) is 25.0 Å². The second-order valence-corrected chi connectivity index (χ2v) is 3.63. The molecule has 0 saturated carbocycles. The van der Waals surface area contributed by atoms with Gasteiger partial charge in [0, 0.05) is 38.3 Å². The Bertz CT molecular complexity index is 124. The highest BCUT2D eigenvalue weighted by atomic mass is 16.3. The number of nitrogens with one attached hydrogen (secondary N) is 1. The van der Waals surface area contributed by atoms with Gasteiger partial charge in [0.1, 0.15) is 0 Å². The fraction of sp³-hybridized carbons (Fsp3) is 1.00. The summed E-state index contributed by atoms with van der Waals surface area (Å²) in [5.41, 5.74) is 0. The zero-order valence-electron chi connectivity index (χ0n) is 6.79. The molecule has 64 valence electrons. The minimum atomic E-state index is 0.333. The minimum Gasteiger partial charge on any atom is -0.396 e. The van der Waals surface area contributed by atoms with Gasteiger partial charge in [0.05, 0.1) is 0 Å². The van der Waals surface area contributed by atoms with E-state index in [1.165, 1.54) is 19.5 Å². The summed E-state index contributed by atoms with van der Waals surface area (Å²) in [6.07, 6.45) is 2.30. The van der Waals surface area contributed by atoms with Gasteiger partial charge in [-0.1, -0.05) is 0 Å². The molecule has 3 rings (SSSR count). The third-order valence-corrected chi connectivity index (χ3v) is 2.63. The molecule has 3 fully saturated rings. The predicted molar refractivity (Wildman–Crippen MR) is 43.5 cm³/mol. The van der Waals surface area contributed by atoms with Crippen molar-refractivity contribution in [3.05, 3.63) is 0 Å². The number of fused-ring (bicyclic) bond motifs is 2. The lowest BCUT2D eigenvalue weighted by Gasteiger charge is -2.48. The van der Waals surface area contributed by atoms with Gasteiger partial charge < -0.3 is 15.3 Å².